The number of nitrogens with zero attached hydrogens (tertiary/aromatic N) is 2. The van der Waals surface area contributed by atoms with Gasteiger partial charge in [0.25, 0.3) is 0 Å². The summed E-state index contributed by atoms with van der Waals surface area (Å²) < 4.78 is 9.86. The van der Waals surface area contributed by atoms with Crippen LogP contribution in [0, 0.1) is 0 Å². The third-order valence-electron chi connectivity index (χ3n) is 2.80. The number of carbonyl (C=O) groups is 1. The minimum atomic E-state index is -0.219. The number of oxazole rings is 1. The van der Waals surface area contributed by atoms with Gasteiger partial charge >= 0.3 is 5.97 Å². The van der Waals surface area contributed by atoms with Crippen molar-refractivity contribution >= 4 is 17.1 Å². The number of aromatic nitrogens is 1. The van der Waals surface area contributed by atoms with Crippen molar-refractivity contribution < 1.29 is 13.9 Å². The largest absolute Gasteiger partial charge is 0.468 e. The van der Waals surface area contributed by atoms with Crippen LogP contribution in [0.15, 0.2) is 29.0 Å². The summed E-state index contributed by atoms with van der Waals surface area (Å²) in [6.45, 7) is 1.09. The molecule has 0 radical (unpaired) electrons. The van der Waals surface area contributed by atoms with E-state index in [2.05, 4.69) is 9.72 Å². The van der Waals surface area contributed by atoms with Crippen LogP contribution in [-0.2, 0) is 16.0 Å². The molecular formula is C13H16N2O3. The van der Waals surface area contributed by atoms with Gasteiger partial charge in [0.2, 0.25) is 0 Å². The van der Waals surface area contributed by atoms with Gasteiger partial charge in [0.15, 0.2) is 12.0 Å². The molecule has 0 aliphatic rings. The highest BCUT2D eigenvalue weighted by molar-refractivity contribution is 5.72. The maximum absolute atomic E-state index is 11.1. The van der Waals surface area contributed by atoms with E-state index >= 15 is 0 Å². The Kier molecular flexibility index (Phi) is 3.94. The van der Waals surface area contributed by atoms with Crippen molar-refractivity contribution in [1.82, 2.24) is 9.88 Å². The van der Waals surface area contributed by atoms with Crippen LogP contribution in [0.2, 0.25) is 0 Å². The van der Waals surface area contributed by atoms with Crippen molar-refractivity contribution in [2.24, 2.45) is 0 Å². The SMILES string of the molecule is COC(=O)CN(C)CCc1ccc2ncoc2c1. The lowest BCUT2D eigenvalue weighted by Crippen LogP contribution is -2.28. The first-order valence-corrected chi connectivity index (χ1v) is 5.76. The lowest BCUT2D eigenvalue weighted by atomic mass is 10.1. The van der Waals surface area contributed by atoms with E-state index in [0.717, 1.165) is 29.6 Å². The summed E-state index contributed by atoms with van der Waals surface area (Å²) in [6, 6.07) is 5.94. The van der Waals surface area contributed by atoms with Crippen LogP contribution in [0.1, 0.15) is 5.56 Å². The van der Waals surface area contributed by atoms with Gasteiger partial charge < -0.3 is 9.15 Å². The molecule has 1 aromatic heterocycles. The van der Waals surface area contributed by atoms with Gasteiger partial charge in [-0.1, -0.05) is 6.07 Å². The molecule has 5 nitrogen and oxygen atoms in total. The highest BCUT2D eigenvalue weighted by Crippen LogP contribution is 2.14. The van der Waals surface area contributed by atoms with Crippen molar-refractivity contribution in [3.63, 3.8) is 0 Å². The molecule has 0 spiro atoms. The third-order valence-corrected chi connectivity index (χ3v) is 2.80. The number of hydrogen-bond acceptors (Lipinski definition) is 5. The number of benzene rings is 1. The van der Waals surface area contributed by atoms with E-state index in [4.69, 9.17) is 4.42 Å². The van der Waals surface area contributed by atoms with Gasteiger partial charge in [-0.2, -0.15) is 0 Å². The monoisotopic (exact) mass is 248 g/mol. The molecule has 1 aromatic carbocycles. The fourth-order valence-electron chi connectivity index (χ4n) is 1.74. The van der Waals surface area contributed by atoms with Crippen LogP contribution in [0.25, 0.3) is 11.1 Å². The molecule has 2 aromatic rings. The van der Waals surface area contributed by atoms with E-state index in [0.29, 0.717) is 6.54 Å². The third kappa shape index (κ3) is 3.07. The Morgan fingerprint density at radius 1 is 1.50 bits per heavy atom. The van der Waals surface area contributed by atoms with Crippen LogP contribution in [-0.4, -0.2) is 43.1 Å². The Hall–Kier alpha value is -1.88. The van der Waals surface area contributed by atoms with E-state index in [1.165, 1.54) is 13.5 Å². The molecule has 0 fully saturated rings. The molecular weight excluding hydrogens is 232 g/mol. The Bertz CT molecular complexity index is 536. The van der Waals surface area contributed by atoms with E-state index < -0.39 is 0 Å². The molecule has 1 heterocycles. The number of hydrogen-bond donors (Lipinski definition) is 0. The summed E-state index contributed by atoms with van der Waals surface area (Å²) in [5, 5.41) is 0. The second-order valence-electron chi connectivity index (χ2n) is 4.22. The first-order chi connectivity index (χ1) is 8.69. The average Bonchev–Trinajstić information content (AvgIpc) is 2.83. The van der Waals surface area contributed by atoms with Gasteiger partial charge in [-0.25, -0.2) is 4.98 Å². The molecule has 96 valence electrons. The highest BCUT2D eigenvalue weighted by atomic mass is 16.5. The van der Waals surface area contributed by atoms with E-state index in [9.17, 15) is 4.79 Å². The van der Waals surface area contributed by atoms with Gasteiger partial charge in [0.1, 0.15) is 5.52 Å². The first kappa shape index (κ1) is 12.6. The zero-order valence-corrected chi connectivity index (χ0v) is 10.5. The summed E-state index contributed by atoms with van der Waals surface area (Å²) in [7, 11) is 3.29. The van der Waals surface area contributed by atoms with Gasteiger partial charge in [-0.05, 0) is 31.2 Å². The van der Waals surface area contributed by atoms with E-state index in [-0.39, 0.29) is 5.97 Å². The molecule has 2 rings (SSSR count). The predicted molar refractivity (Wildman–Crippen MR) is 67.2 cm³/mol. The number of likely N-dealkylation sites (N-methyl/N-ethyl adjacent to an activating group) is 1. The topological polar surface area (TPSA) is 55.6 Å². The van der Waals surface area contributed by atoms with Crippen LogP contribution < -0.4 is 0 Å². The summed E-state index contributed by atoms with van der Waals surface area (Å²) >= 11 is 0. The summed E-state index contributed by atoms with van der Waals surface area (Å²) in [6.07, 6.45) is 2.29. The van der Waals surface area contributed by atoms with Gasteiger partial charge in [-0.15, -0.1) is 0 Å². The minimum Gasteiger partial charge on any atom is -0.468 e. The quantitative estimate of drug-likeness (QED) is 0.750. The van der Waals surface area contributed by atoms with Gasteiger partial charge in [-0.3, -0.25) is 9.69 Å². The second-order valence-corrected chi connectivity index (χ2v) is 4.22. The van der Waals surface area contributed by atoms with Gasteiger partial charge in [0, 0.05) is 6.54 Å². The van der Waals surface area contributed by atoms with Crippen LogP contribution in [0.4, 0.5) is 0 Å². The molecule has 0 unspecified atom stereocenters. The van der Waals surface area contributed by atoms with Gasteiger partial charge in [0.05, 0.1) is 13.7 Å². The molecule has 0 saturated heterocycles. The number of ether oxygens (including phenoxy) is 1. The number of rotatable bonds is 5. The van der Waals surface area contributed by atoms with Crippen molar-refractivity contribution in [1.29, 1.82) is 0 Å². The van der Waals surface area contributed by atoms with E-state index in [1.807, 2.05) is 30.1 Å². The smallest absolute Gasteiger partial charge is 0.319 e. The molecule has 0 bridgehead atoms. The summed E-state index contributed by atoms with van der Waals surface area (Å²) in [4.78, 5) is 17.1. The van der Waals surface area contributed by atoms with Crippen LogP contribution in [0.5, 0.6) is 0 Å². The normalized spacial score (nSPS) is 11.1. The molecule has 0 saturated carbocycles. The molecule has 0 N–H and O–H groups in total. The van der Waals surface area contributed by atoms with Crippen LogP contribution in [0.3, 0.4) is 0 Å². The maximum atomic E-state index is 11.1. The number of methoxy groups -OCH3 is 1. The Morgan fingerprint density at radius 3 is 3.11 bits per heavy atom. The van der Waals surface area contributed by atoms with Crippen molar-refractivity contribution in [3.8, 4) is 0 Å². The standard InChI is InChI=1S/C13H16N2O3/c1-15(8-13(16)17-2)6-5-10-3-4-11-12(7-10)18-9-14-11/h3-4,7,9H,5-6,8H2,1-2H3. The lowest BCUT2D eigenvalue weighted by molar-refractivity contribution is -0.141. The zero-order valence-electron chi connectivity index (χ0n) is 10.5. The molecule has 0 aliphatic carbocycles. The van der Waals surface area contributed by atoms with Crippen molar-refractivity contribution in [2.75, 3.05) is 27.2 Å². The van der Waals surface area contributed by atoms with Crippen molar-refractivity contribution in [2.45, 2.75) is 6.42 Å². The Morgan fingerprint density at radius 2 is 2.33 bits per heavy atom. The second kappa shape index (κ2) is 5.64. The fourth-order valence-corrected chi connectivity index (χ4v) is 1.74. The average molecular weight is 248 g/mol. The number of fused-ring (bicyclic) bond motifs is 1. The van der Waals surface area contributed by atoms with E-state index in [1.54, 1.807) is 0 Å². The lowest BCUT2D eigenvalue weighted by Gasteiger charge is -2.14. The first-order valence-electron chi connectivity index (χ1n) is 5.76. The zero-order chi connectivity index (χ0) is 13.0. The Balaban J connectivity index is 1.91. The summed E-state index contributed by atoms with van der Waals surface area (Å²) in [5.74, 6) is -0.219. The molecule has 0 amide bonds. The fraction of sp³-hybridized carbons (Fsp3) is 0.385. The molecule has 5 heteroatoms. The number of carbonyl (C=O) groups excluding carboxylic acids is 1. The predicted octanol–water partition coefficient (Wildman–Crippen LogP) is 1.48. The number of esters is 1. The van der Waals surface area contributed by atoms with Crippen LogP contribution >= 0.6 is 0 Å². The minimum absolute atomic E-state index is 0.219. The van der Waals surface area contributed by atoms with Crippen molar-refractivity contribution in [3.05, 3.63) is 30.2 Å². The highest BCUT2D eigenvalue weighted by Gasteiger charge is 2.07. The molecule has 18 heavy (non-hydrogen) atoms. The summed E-state index contributed by atoms with van der Waals surface area (Å²) in [5.41, 5.74) is 2.82. The Labute approximate surface area is 105 Å². The maximum Gasteiger partial charge on any atom is 0.319 e. The molecule has 0 atom stereocenters. The molecule has 0 aliphatic heterocycles.